The minimum absolute atomic E-state index is 0.485. The molecule has 3 heterocycles. The fraction of sp³-hybridized carbons (Fsp3) is 0.462. The van der Waals surface area contributed by atoms with Gasteiger partial charge in [0.15, 0.2) is 0 Å². The van der Waals surface area contributed by atoms with Gasteiger partial charge < -0.3 is 4.40 Å². The summed E-state index contributed by atoms with van der Waals surface area (Å²) in [4.78, 5) is 7.18. The SMILES string of the molecule is CCN1CCCC1c1cn2ccc(Cl)cc2n1. The molecule has 0 radical (unpaired) electrons. The summed E-state index contributed by atoms with van der Waals surface area (Å²) in [5.41, 5.74) is 2.11. The highest BCUT2D eigenvalue weighted by atomic mass is 35.5. The van der Waals surface area contributed by atoms with Gasteiger partial charge in [-0.15, -0.1) is 0 Å². The second-order valence-electron chi connectivity index (χ2n) is 4.56. The lowest BCUT2D eigenvalue weighted by atomic mass is 10.1. The highest BCUT2D eigenvalue weighted by Gasteiger charge is 2.26. The second kappa shape index (κ2) is 4.31. The number of halogens is 1. The first-order chi connectivity index (χ1) is 8.28. The van der Waals surface area contributed by atoms with Crippen molar-refractivity contribution in [2.75, 3.05) is 13.1 Å². The molecule has 2 aromatic heterocycles. The summed E-state index contributed by atoms with van der Waals surface area (Å²) in [6.07, 6.45) is 6.59. The van der Waals surface area contributed by atoms with Crippen LogP contribution < -0.4 is 0 Å². The molecule has 1 fully saturated rings. The molecule has 0 aliphatic carbocycles. The van der Waals surface area contributed by atoms with Crippen LogP contribution in [0.15, 0.2) is 24.5 Å². The molecule has 0 bridgehead atoms. The van der Waals surface area contributed by atoms with Crippen LogP contribution in [0.2, 0.25) is 5.02 Å². The van der Waals surface area contributed by atoms with E-state index in [9.17, 15) is 0 Å². The fourth-order valence-corrected chi connectivity index (χ4v) is 2.83. The van der Waals surface area contributed by atoms with E-state index in [0.29, 0.717) is 6.04 Å². The molecule has 0 N–H and O–H groups in total. The van der Waals surface area contributed by atoms with Crippen LogP contribution in [0.25, 0.3) is 5.65 Å². The average molecular weight is 250 g/mol. The summed E-state index contributed by atoms with van der Waals surface area (Å²) in [6, 6.07) is 4.29. The molecule has 0 spiro atoms. The van der Waals surface area contributed by atoms with E-state index in [0.717, 1.165) is 17.2 Å². The van der Waals surface area contributed by atoms with Crippen molar-refractivity contribution < 1.29 is 0 Å². The van der Waals surface area contributed by atoms with Gasteiger partial charge in [0.1, 0.15) is 5.65 Å². The normalized spacial score (nSPS) is 21.4. The van der Waals surface area contributed by atoms with Crippen molar-refractivity contribution in [3.63, 3.8) is 0 Å². The van der Waals surface area contributed by atoms with E-state index in [4.69, 9.17) is 16.6 Å². The predicted molar refractivity (Wildman–Crippen MR) is 69.4 cm³/mol. The zero-order valence-electron chi connectivity index (χ0n) is 9.93. The molecule has 0 amide bonds. The first kappa shape index (κ1) is 11.1. The van der Waals surface area contributed by atoms with E-state index in [1.165, 1.54) is 25.1 Å². The first-order valence-corrected chi connectivity index (χ1v) is 6.54. The number of likely N-dealkylation sites (tertiary alicyclic amines) is 1. The summed E-state index contributed by atoms with van der Waals surface area (Å²) in [5, 5.41) is 0.744. The maximum Gasteiger partial charge on any atom is 0.138 e. The van der Waals surface area contributed by atoms with E-state index in [1.54, 1.807) is 0 Å². The third-order valence-electron chi connectivity index (χ3n) is 3.55. The number of hydrogen-bond donors (Lipinski definition) is 0. The Morgan fingerprint density at radius 1 is 1.53 bits per heavy atom. The highest BCUT2D eigenvalue weighted by Crippen LogP contribution is 2.31. The Morgan fingerprint density at radius 2 is 2.41 bits per heavy atom. The van der Waals surface area contributed by atoms with Crippen molar-refractivity contribution in [2.24, 2.45) is 0 Å². The van der Waals surface area contributed by atoms with Crippen molar-refractivity contribution in [3.05, 3.63) is 35.2 Å². The maximum absolute atomic E-state index is 5.98. The van der Waals surface area contributed by atoms with Crippen LogP contribution in [0.5, 0.6) is 0 Å². The van der Waals surface area contributed by atoms with Crippen LogP contribution in [0.3, 0.4) is 0 Å². The molecular formula is C13H16ClN3. The van der Waals surface area contributed by atoms with E-state index < -0.39 is 0 Å². The molecule has 1 unspecified atom stereocenters. The number of fused-ring (bicyclic) bond motifs is 1. The van der Waals surface area contributed by atoms with Crippen molar-refractivity contribution in [2.45, 2.75) is 25.8 Å². The molecule has 2 aromatic rings. The van der Waals surface area contributed by atoms with Crippen molar-refractivity contribution >= 4 is 17.2 Å². The molecule has 17 heavy (non-hydrogen) atoms. The molecule has 3 rings (SSSR count). The smallest absolute Gasteiger partial charge is 0.138 e. The van der Waals surface area contributed by atoms with Gasteiger partial charge >= 0.3 is 0 Å². The molecule has 3 nitrogen and oxygen atoms in total. The highest BCUT2D eigenvalue weighted by molar-refractivity contribution is 6.30. The van der Waals surface area contributed by atoms with Crippen LogP contribution in [0, 0.1) is 0 Å². The minimum Gasteiger partial charge on any atom is -0.307 e. The third-order valence-corrected chi connectivity index (χ3v) is 3.79. The molecule has 4 heteroatoms. The summed E-state index contributed by atoms with van der Waals surface area (Å²) >= 11 is 5.98. The van der Waals surface area contributed by atoms with Crippen LogP contribution >= 0.6 is 11.6 Å². The number of nitrogens with zero attached hydrogens (tertiary/aromatic N) is 3. The van der Waals surface area contributed by atoms with E-state index >= 15 is 0 Å². The van der Waals surface area contributed by atoms with Crippen LogP contribution in [-0.4, -0.2) is 27.4 Å². The zero-order chi connectivity index (χ0) is 11.8. The standard InChI is InChI=1S/C13H16ClN3/c1-2-16-6-3-4-12(16)11-9-17-7-5-10(14)8-13(17)15-11/h5,7-9,12H,2-4,6H2,1H3. The summed E-state index contributed by atoms with van der Waals surface area (Å²) in [7, 11) is 0. The van der Waals surface area contributed by atoms with Crippen LogP contribution in [0.4, 0.5) is 0 Å². The van der Waals surface area contributed by atoms with Gasteiger partial charge in [0.2, 0.25) is 0 Å². The number of imidazole rings is 1. The fourth-order valence-electron chi connectivity index (χ4n) is 2.68. The lowest BCUT2D eigenvalue weighted by Gasteiger charge is -2.20. The summed E-state index contributed by atoms with van der Waals surface area (Å²) in [6.45, 7) is 4.50. The molecule has 1 saturated heterocycles. The van der Waals surface area contributed by atoms with Crippen molar-refractivity contribution in [3.8, 4) is 0 Å². The Kier molecular flexibility index (Phi) is 2.81. The Balaban J connectivity index is 2.00. The van der Waals surface area contributed by atoms with Gasteiger partial charge in [-0.2, -0.15) is 0 Å². The zero-order valence-corrected chi connectivity index (χ0v) is 10.7. The Hall–Kier alpha value is -1.06. The number of aromatic nitrogens is 2. The topological polar surface area (TPSA) is 20.5 Å². The molecular weight excluding hydrogens is 234 g/mol. The monoisotopic (exact) mass is 249 g/mol. The Labute approximate surface area is 106 Å². The molecule has 0 aromatic carbocycles. The Bertz CT molecular complexity index is 534. The lowest BCUT2D eigenvalue weighted by molar-refractivity contribution is 0.268. The summed E-state index contributed by atoms with van der Waals surface area (Å²) < 4.78 is 2.05. The summed E-state index contributed by atoms with van der Waals surface area (Å²) in [5.74, 6) is 0. The first-order valence-electron chi connectivity index (χ1n) is 6.16. The third kappa shape index (κ3) is 1.94. The van der Waals surface area contributed by atoms with Crippen molar-refractivity contribution in [1.29, 1.82) is 0 Å². The molecule has 90 valence electrons. The van der Waals surface area contributed by atoms with Crippen LogP contribution in [0.1, 0.15) is 31.5 Å². The Morgan fingerprint density at radius 3 is 3.24 bits per heavy atom. The van der Waals surface area contributed by atoms with Crippen molar-refractivity contribution in [1.82, 2.24) is 14.3 Å². The van der Waals surface area contributed by atoms with E-state index in [-0.39, 0.29) is 0 Å². The van der Waals surface area contributed by atoms with Gasteiger partial charge in [0.25, 0.3) is 0 Å². The van der Waals surface area contributed by atoms with Gasteiger partial charge in [0, 0.05) is 17.4 Å². The largest absolute Gasteiger partial charge is 0.307 e. The van der Waals surface area contributed by atoms with E-state index in [2.05, 4.69) is 18.0 Å². The quantitative estimate of drug-likeness (QED) is 0.815. The molecule has 1 aliphatic heterocycles. The van der Waals surface area contributed by atoms with Gasteiger partial charge in [-0.05, 0) is 38.1 Å². The number of pyridine rings is 1. The van der Waals surface area contributed by atoms with Gasteiger partial charge in [-0.3, -0.25) is 4.90 Å². The molecule has 1 atom stereocenters. The lowest BCUT2D eigenvalue weighted by Crippen LogP contribution is -2.22. The average Bonchev–Trinajstić information content (AvgIpc) is 2.93. The minimum atomic E-state index is 0.485. The molecule has 1 aliphatic rings. The maximum atomic E-state index is 5.98. The number of rotatable bonds is 2. The van der Waals surface area contributed by atoms with Gasteiger partial charge in [-0.1, -0.05) is 18.5 Å². The second-order valence-corrected chi connectivity index (χ2v) is 5.00. The number of hydrogen-bond acceptors (Lipinski definition) is 2. The molecule has 0 saturated carbocycles. The van der Waals surface area contributed by atoms with Gasteiger partial charge in [0.05, 0.1) is 11.7 Å². The van der Waals surface area contributed by atoms with Crippen LogP contribution in [-0.2, 0) is 0 Å². The van der Waals surface area contributed by atoms with Gasteiger partial charge in [-0.25, -0.2) is 4.98 Å². The van der Waals surface area contributed by atoms with E-state index in [1.807, 2.05) is 22.7 Å². The predicted octanol–water partition coefficient (Wildman–Crippen LogP) is 3.14.